The fraction of sp³-hybridized carbons (Fsp3) is 0.429. The SMILES string of the molecule is CC(C)(C)[Si](C)(C)Oc1cc2cccc-2co1. The molecule has 2 rings (SSSR count). The lowest BCUT2D eigenvalue weighted by Crippen LogP contribution is -2.43. The van der Waals surface area contributed by atoms with E-state index in [2.05, 4.69) is 39.9 Å². The molecule has 0 aromatic carbocycles. The number of hydrogen-bond acceptors (Lipinski definition) is 2. The summed E-state index contributed by atoms with van der Waals surface area (Å²) >= 11 is 0. The molecule has 17 heavy (non-hydrogen) atoms. The van der Waals surface area contributed by atoms with E-state index < -0.39 is 8.32 Å². The minimum atomic E-state index is -1.81. The highest BCUT2D eigenvalue weighted by Gasteiger charge is 2.39. The molecule has 2 nitrogen and oxygen atoms in total. The quantitative estimate of drug-likeness (QED) is 0.714. The summed E-state index contributed by atoms with van der Waals surface area (Å²) in [5.74, 6) is 0.635. The van der Waals surface area contributed by atoms with Gasteiger partial charge in [0.25, 0.3) is 14.3 Å². The Labute approximate surface area is 104 Å². The van der Waals surface area contributed by atoms with Crippen LogP contribution in [0.2, 0.25) is 18.1 Å². The van der Waals surface area contributed by atoms with Crippen LogP contribution in [0.4, 0.5) is 0 Å². The van der Waals surface area contributed by atoms with Crippen LogP contribution in [-0.4, -0.2) is 8.32 Å². The van der Waals surface area contributed by atoms with E-state index in [1.54, 1.807) is 6.26 Å². The van der Waals surface area contributed by atoms with E-state index >= 15 is 0 Å². The topological polar surface area (TPSA) is 22.4 Å². The maximum Gasteiger partial charge on any atom is 0.270 e. The molecule has 1 aliphatic heterocycles. The molecule has 0 radical (unpaired) electrons. The van der Waals surface area contributed by atoms with Gasteiger partial charge in [-0.1, -0.05) is 39.0 Å². The second-order valence-corrected chi connectivity index (χ2v) is 10.7. The Hall–Kier alpha value is -1.22. The first-order valence-corrected chi connectivity index (χ1v) is 8.87. The minimum absolute atomic E-state index is 0.184. The molecule has 0 saturated heterocycles. The summed E-state index contributed by atoms with van der Waals surface area (Å²) in [6.45, 7) is 11.1. The monoisotopic (exact) mass is 248 g/mol. The normalized spacial score (nSPS) is 13.0. The fourth-order valence-electron chi connectivity index (χ4n) is 1.43. The molecule has 0 aromatic heterocycles. The van der Waals surface area contributed by atoms with Gasteiger partial charge in [-0.25, -0.2) is 0 Å². The number of rotatable bonds is 2. The van der Waals surface area contributed by atoms with Gasteiger partial charge in [0.1, 0.15) is 6.26 Å². The maximum atomic E-state index is 6.12. The molecule has 0 unspecified atom stereocenters. The first kappa shape index (κ1) is 12.2. The molecule has 0 aromatic rings. The van der Waals surface area contributed by atoms with Crippen molar-refractivity contribution in [2.75, 3.05) is 0 Å². The van der Waals surface area contributed by atoms with Crippen molar-refractivity contribution in [3.05, 3.63) is 30.5 Å². The van der Waals surface area contributed by atoms with Gasteiger partial charge in [0.05, 0.1) is 0 Å². The van der Waals surface area contributed by atoms with Gasteiger partial charge in [0.15, 0.2) is 0 Å². The Kier molecular flexibility index (Phi) is 2.82. The highest BCUT2D eigenvalue weighted by atomic mass is 28.4. The van der Waals surface area contributed by atoms with Gasteiger partial charge in [0.2, 0.25) is 0 Å². The minimum Gasteiger partial charge on any atom is -0.519 e. The third-order valence-electron chi connectivity index (χ3n) is 3.62. The summed E-state index contributed by atoms with van der Waals surface area (Å²) in [6, 6.07) is 8.12. The summed E-state index contributed by atoms with van der Waals surface area (Å²) in [6.07, 6.45) is 1.76. The average molecular weight is 248 g/mol. The molecule has 0 bridgehead atoms. The molecular weight excluding hydrogens is 228 g/mol. The van der Waals surface area contributed by atoms with Crippen LogP contribution in [0, 0.1) is 0 Å². The summed E-state index contributed by atoms with van der Waals surface area (Å²) in [5.41, 5.74) is 2.29. The summed E-state index contributed by atoms with van der Waals surface area (Å²) < 4.78 is 11.7. The van der Waals surface area contributed by atoms with Crippen molar-refractivity contribution in [3.63, 3.8) is 0 Å². The third-order valence-corrected chi connectivity index (χ3v) is 7.95. The maximum absolute atomic E-state index is 6.12. The molecular formula is C14H20O2Si. The van der Waals surface area contributed by atoms with Crippen LogP contribution in [0.5, 0.6) is 5.95 Å². The van der Waals surface area contributed by atoms with Gasteiger partial charge in [-0.2, -0.15) is 0 Å². The standard InChI is InChI=1S/C14H20O2Si/c1-14(2,3)17(4,5)16-13-9-11-7-6-8-12(11)10-15-13/h6-10H,1-5H3. The van der Waals surface area contributed by atoms with Gasteiger partial charge in [-0.05, 0) is 23.7 Å². The van der Waals surface area contributed by atoms with E-state index in [0.717, 1.165) is 5.56 Å². The lowest BCUT2D eigenvalue weighted by molar-refractivity contribution is 0.357. The van der Waals surface area contributed by atoms with E-state index in [4.69, 9.17) is 8.84 Å². The van der Waals surface area contributed by atoms with Crippen molar-refractivity contribution < 1.29 is 8.84 Å². The molecule has 1 heterocycles. The van der Waals surface area contributed by atoms with Crippen molar-refractivity contribution in [1.82, 2.24) is 0 Å². The second-order valence-electron chi connectivity index (χ2n) is 6.00. The Morgan fingerprint density at radius 1 is 1.12 bits per heavy atom. The van der Waals surface area contributed by atoms with E-state index in [0.29, 0.717) is 5.95 Å². The summed E-state index contributed by atoms with van der Waals surface area (Å²) in [7, 11) is -1.81. The van der Waals surface area contributed by atoms with Gasteiger partial charge < -0.3 is 8.84 Å². The zero-order chi connectivity index (χ0) is 12.7. The third kappa shape index (κ3) is 2.39. The predicted octanol–water partition coefficient (Wildman–Crippen LogP) is 4.77. The molecule has 0 spiro atoms. The lowest BCUT2D eigenvalue weighted by Gasteiger charge is -2.35. The smallest absolute Gasteiger partial charge is 0.270 e. The predicted molar refractivity (Wildman–Crippen MR) is 73.2 cm³/mol. The van der Waals surface area contributed by atoms with Gasteiger partial charge in [0, 0.05) is 11.6 Å². The molecule has 2 aliphatic rings. The Bertz CT molecular complexity index is 479. The van der Waals surface area contributed by atoms with Crippen molar-refractivity contribution >= 4 is 8.32 Å². The Balaban J connectivity index is 2.28. The van der Waals surface area contributed by atoms with Crippen LogP contribution in [0.15, 0.2) is 34.9 Å². The van der Waals surface area contributed by atoms with Gasteiger partial charge in [-0.15, -0.1) is 0 Å². The van der Waals surface area contributed by atoms with Crippen LogP contribution in [0.1, 0.15) is 20.8 Å². The van der Waals surface area contributed by atoms with Crippen molar-refractivity contribution in [2.24, 2.45) is 0 Å². The van der Waals surface area contributed by atoms with E-state index in [-0.39, 0.29) is 5.04 Å². The number of hydrogen-bond donors (Lipinski definition) is 0. The first-order valence-electron chi connectivity index (χ1n) is 5.96. The first-order chi connectivity index (χ1) is 7.79. The van der Waals surface area contributed by atoms with Crippen LogP contribution < -0.4 is 4.43 Å². The van der Waals surface area contributed by atoms with E-state index in [1.807, 2.05) is 18.2 Å². The van der Waals surface area contributed by atoms with Crippen molar-refractivity contribution in [3.8, 4) is 17.1 Å². The van der Waals surface area contributed by atoms with Gasteiger partial charge >= 0.3 is 0 Å². The van der Waals surface area contributed by atoms with E-state index in [9.17, 15) is 0 Å². The van der Waals surface area contributed by atoms with Crippen molar-refractivity contribution in [1.29, 1.82) is 0 Å². The van der Waals surface area contributed by atoms with Crippen molar-refractivity contribution in [2.45, 2.75) is 38.9 Å². The zero-order valence-electron chi connectivity index (χ0n) is 11.2. The summed E-state index contributed by atoms with van der Waals surface area (Å²) in [4.78, 5) is 0. The molecule has 92 valence electrons. The Morgan fingerprint density at radius 3 is 2.41 bits per heavy atom. The molecule has 0 amide bonds. The van der Waals surface area contributed by atoms with Crippen LogP contribution in [0.3, 0.4) is 0 Å². The highest BCUT2D eigenvalue weighted by Crippen LogP contribution is 2.38. The Morgan fingerprint density at radius 2 is 1.76 bits per heavy atom. The molecule has 0 N–H and O–H groups in total. The molecule has 1 aliphatic carbocycles. The summed E-state index contributed by atoms with van der Waals surface area (Å²) in [5, 5.41) is 0.184. The fourth-order valence-corrected chi connectivity index (χ4v) is 2.34. The highest BCUT2D eigenvalue weighted by molar-refractivity contribution is 6.74. The zero-order valence-corrected chi connectivity index (χ0v) is 12.2. The van der Waals surface area contributed by atoms with Crippen LogP contribution in [-0.2, 0) is 0 Å². The largest absolute Gasteiger partial charge is 0.519 e. The average Bonchev–Trinajstić information content (AvgIpc) is 2.62. The second kappa shape index (κ2) is 3.91. The van der Waals surface area contributed by atoms with Crippen LogP contribution in [0.25, 0.3) is 11.1 Å². The lowest BCUT2D eigenvalue weighted by atomic mass is 10.2. The molecule has 0 fully saturated rings. The van der Waals surface area contributed by atoms with Crippen LogP contribution >= 0.6 is 0 Å². The van der Waals surface area contributed by atoms with Gasteiger partial charge in [-0.3, -0.25) is 0 Å². The number of fused-ring (bicyclic) bond motifs is 1. The molecule has 0 saturated carbocycles. The van der Waals surface area contributed by atoms with E-state index in [1.165, 1.54) is 5.56 Å². The molecule has 3 heteroatoms. The molecule has 0 atom stereocenters.